The van der Waals surface area contributed by atoms with Crippen molar-refractivity contribution in [3.05, 3.63) is 120 Å². The second-order valence-electron chi connectivity index (χ2n) is 8.63. The summed E-state index contributed by atoms with van der Waals surface area (Å²) in [5.74, 6) is 2.01. The van der Waals surface area contributed by atoms with Gasteiger partial charge in [0.05, 0.1) is 19.1 Å². The van der Waals surface area contributed by atoms with Crippen molar-refractivity contribution < 1.29 is 14.3 Å². The van der Waals surface area contributed by atoms with E-state index < -0.39 is 0 Å². The third-order valence-electron chi connectivity index (χ3n) is 5.84. The van der Waals surface area contributed by atoms with Crippen LogP contribution in [0.3, 0.4) is 0 Å². The zero-order valence-electron chi connectivity index (χ0n) is 21.8. The fraction of sp³-hybridized carbons (Fsp3) is 0.0968. The van der Waals surface area contributed by atoms with Gasteiger partial charge in [-0.3, -0.25) is 9.36 Å². The molecular formula is C31H27N5O3S. The highest BCUT2D eigenvalue weighted by molar-refractivity contribution is 7.99. The minimum Gasteiger partial charge on any atom is -0.497 e. The summed E-state index contributed by atoms with van der Waals surface area (Å²) in [5, 5.41) is 13.5. The van der Waals surface area contributed by atoms with Gasteiger partial charge in [-0.05, 0) is 59.7 Å². The van der Waals surface area contributed by atoms with E-state index in [0.29, 0.717) is 17.6 Å². The number of amides is 1. The highest BCUT2D eigenvalue weighted by atomic mass is 32.2. The van der Waals surface area contributed by atoms with E-state index in [0.717, 1.165) is 33.9 Å². The summed E-state index contributed by atoms with van der Waals surface area (Å²) >= 11 is 1.29. The van der Waals surface area contributed by atoms with Crippen molar-refractivity contribution in [2.45, 2.75) is 11.8 Å². The van der Waals surface area contributed by atoms with Crippen molar-refractivity contribution in [2.75, 3.05) is 12.9 Å². The standard InChI is InChI=1S/C31H27N5O3S/c1-38-27-17-15-25(16-18-27)30-34-35-31(36(30)26-12-6-3-7-13-26)40-22-29(37)33-32-20-24-11-8-14-28(19-24)39-21-23-9-4-2-5-10-23/h2-20H,21-22H2,1H3,(H,33,37)/b32-20+. The molecule has 0 radical (unpaired) electrons. The van der Waals surface area contributed by atoms with Crippen molar-refractivity contribution in [3.8, 4) is 28.6 Å². The molecule has 1 N–H and O–H groups in total. The van der Waals surface area contributed by atoms with Gasteiger partial charge in [0.1, 0.15) is 18.1 Å². The van der Waals surface area contributed by atoms with Crippen LogP contribution in [-0.4, -0.2) is 39.7 Å². The molecule has 0 unspecified atom stereocenters. The molecule has 0 atom stereocenters. The minimum absolute atomic E-state index is 0.116. The summed E-state index contributed by atoms with van der Waals surface area (Å²) in [6.07, 6.45) is 1.59. The maximum atomic E-state index is 12.6. The van der Waals surface area contributed by atoms with Gasteiger partial charge in [-0.1, -0.05) is 72.4 Å². The molecule has 5 rings (SSSR count). The summed E-state index contributed by atoms with van der Waals surface area (Å²) in [7, 11) is 1.63. The summed E-state index contributed by atoms with van der Waals surface area (Å²) in [6.45, 7) is 0.475. The second-order valence-corrected chi connectivity index (χ2v) is 9.58. The average Bonchev–Trinajstić information content (AvgIpc) is 3.44. The fourth-order valence-corrected chi connectivity index (χ4v) is 4.61. The number of nitrogens with one attached hydrogen (secondary N) is 1. The first-order chi connectivity index (χ1) is 19.7. The predicted octanol–water partition coefficient (Wildman–Crippen LogP) is 5.76. The van der Waals surface area contributed by atoms with E-state index in [1.165, 1.54) is 11.8 Å². The SMILES string of the molecule is COc1ccc(-c2nnc(SCC(=O)N/N=C/c3cccc(OCc4ccccc4)c3)n2-c2ccccc2)cc1. The number of ether oxygens (including phenoxy) is 2. The number of rotatable bonds is 11. The largest absolute Gasteiger partial charge is 0.497 e. The third-order valence-corrected chi connectivity index (χ3v) is 6.77. The van der Waals surface area contributed by atoms with Gasteiger partial charge >= 0.3 is 0 Å². The fourth-order valence-electron chi connectivity index (χ4n) is 3.87. The molecular weight excluding hydrogens is 522 g/mol. The molecule has 0 bridgehead atoms. The Morgan fingerprint density at radius 3 is 2.40 bits per heavy atom. The molecule has 200 valence electrons. The average molecular weight is 550 g/mol. The van der Waals surface area contributed by atoms with Crippen LogP contribution in [0.4, 0.5) is 0 Å². The lowest BCUT2D eigenvalue weighted by molar-refractivity contribution is -0.118. The highest BCUT2D eigenvalue weighted by Crippen LogP contribution is 2.29. The van der Waals surface area contributed by atoms with Crippen LogP contribution in [-0.2, 0) is 11.4 Å². The van der Waals surface area contributed by atoms with Crippen molar-refractivity contribution in [1.82, 2.24) is 20.2 Å². The number of para-hydroxylation sites is 1. The molecule has 0 fully saturated rings. The van der Waals surface area contributed by atoms with Crippen molar-refractivity contribution >= 4 is 23.9 Å². The second kappa shape index (κ2) is 13.3. The number of hydrazone groups is 1. The van der Waals surface area contributed by atoms with Gasteiger partial charge in [0, 0.05) is 11.3 Å². The Hall–Kier alpha value is -4.89. The lowest BCUT2D eigenvalue weighted by Gasteiger charge is -2.10. The van der Waals surface area contributed by atoms with Crippen molar-refractivity contribution in [3.63, 3.8) is 0 Å². The summed E-state index contributed by atoms with van der Waals surface area (Å²) < 4.78 is 13.1. The topological polar surface area (TPSA) is 90.6 Å². The van der Waals surface area contributed by atoms with Crippen molar-refractivity contribution in [2.24, 2.45) is 5.10 Å². The molecule has 0 saturated carbocycles. The van der Waals surface area contributed by atoms with Crippen molar-refractivity contribution in [1.29, 1.82) is 0 Å². The maximum absolute atomic E-state index is 12.6. The number of hydrogen-bond donors (Lipinski definition) is 1. The lowest BCUT2D eigenvalue weighted by atomic mass is 10.2. The summed E-state index contributed by atoms with van der Waals surface area (Å²) in [5.41, 5.74) is 6.27. The number of methoxy groups -OCH3 is 1. The Morgan fingerprint density at radius 2 is 1.65 bits per heavy atom. The van der Waals surface area contributed by atoms with Crippen LogP contribution in [0.25, 0.3) is 17.1 Å². The van der Waals surface area contributed by atoms with E-state index in [1.807, 2.05) is 114 Å². The van der Waals surface area contributed by atoms with Gasteiger partial charge in [-0.2, -0.15) is 5.10 Å². The van der Waals surface area contributed by atoms with Gasteiger partial charge in [0.2, 0.25) is 0 Å². The van der Waals surface area contributed by atoms with Crippen LogP contribution in [0.15, 0.2) is 119 Å². The molecule has 0 aliphatic rings. The molecule has 40 heavy (non-hydrogen) atoms. The molecule has 1 aromatic heterocycles. The van der Waals surface area contributed by atoms with E-state index in [1.54, 1.807) is 13.3 Å². The van der Waals surface area contributed by atoms with E-state index >= 15 is 0 Å². The van der Waals surface area contributed by atoms with E-state index in [4.69, 9.17) is 9.47 Å². The van der Waals surface area contributed by atoms with Crippen LogP contribution in [0.1, 0.15) is 11.1 Å². The van der Waals surface area contributed by atoms with Gasteiger partial charge < -0.3 is 9.47 Å². The van der Waals surface area contributed by atoms with E-state index in [2.05, 4.69) is 20.7 Å². The van der Waals surface area contributed by atoms with Crippen LogP contribution >= 0.6 is 11.8 Å². The summed E-state index contributed by atoms with van der Waals surface area (Å²) in [6, 6.07) is 34.9. The Labute approximate surface area is 236 Å². The van der Waals surface area contributed by atoms with Crippen LogP contribution in [0.2, 0.25) is 0 Å². The molecule has 0 spiro atoms. The number of thioether (sulfide) groups is 1. The smallest absolute Gasteiger partial charge is 0.250 e. The Kier molecular flexibility index (Phi) is 8.85. The van der Waals surface area contributed by atoms with Crippen LogP contribution in [0, 0.1) is 0 Å². The Balaban J connectivity index is 1.21. The number of hydrogen-bond acceptors (Lipinski definition) is 7. The molecule has 4 aromatic carbocycles. The number of carbonyl (C=O) groups is 1. The predicted molar refractivity (Wildman–Crippen MR) is 157 cm³/mol. The molecule has 0 aliphatic carbocycles. The first-order valence-electron chi connectivity index (χ1n) is 12.6. The molecule has 0 saturated heterocycles. The third kappa shape index (κ3) is 6.95. The van der Waals surface area contributed by atoms with Gasteiger partial charge in [0.25, 0.3) is 5.91 Å². The molecule has 1 amide bonds. The normalized spacial score (nSPS) is 10.9. The summed E-state index contributed by atoms with van der Waals surface area (Å²) in [4.78, 5) is 12.6. The zero-order chi connectivity index (χ0) is 27.6. The van der Waals surface area contributed by atoms with Crippen LogP contribution < -0.4 is 14.9 Å². The molecule has 9 heteroatoms. The first kappa shape index (κ1) is 26.7. The Bertz CT molecular complexity index is 1570. The van der Waals surface area contributed by atoms with Gasteiger partial charge in [-0.25, -0.2) is 5.43 Å². The van der Waals surface area contributed by atoms with Crippen LogP contribution in [0.5, 0.6) is 11.5 Å². The molecule has 0 aliphatic heterocycles. The minimum atomic E-state index is -0.258. The molecule has 5 aromatic rings. The number of aromatic nitrogens is 3. The maximum Gasteiger partial charge on any atom is 0.250 e. The molecule has 8 nitrogen and oxygen atoms in total. The van der Waals surface area contributed by atoms with E-state index in [-0.39, 0.29) is 11.7 Å². The first-order valence-corrected chi connectivity index (χ1v) is 13.5. The number of nitrogens with zero attached hydrogens (tertiary/aromatic N) is 4. The monoisotopic (exact) mass is 549 g/mol. The Morgan fingerprint density at radius 1 is 0.900 bits per heavy atom. The number of carbonyl (C=O) groups excluding carboxylic acids is 1. The van der Waals surface area contributed by atoms with Gasteiger partial charge in [0.15, 0.2) is 11.0 Å². The van der Waals surface area contributed by atoms with E-state index in [9.17, 15) is 4.79 Å². The van der Waals surface area contributed by atoms with Gasteiger partial charge in [-0.15, -0.1) is 10.2 Å². The number of benzene rings is 4. The zero-order valence-corrected chi connectivity index (χ0v) is 22.6. The highest BCUT2D eigenvalue weighted by Gasteiger charge is 2.17. The molecule has 1 heterocycles. The lowest BCUT2D eigenvalue weighted by Crippen LogP contribution is -2.20. The quantitative estimate of drug-likeness (QED) is 0.128.